The lowest BCUT2D eigenvalue weighted by atomic mass is 10.0. The van der Waals surface area contributed by atoms with Gasteiger partial charge in [0.1, 0.15) is 6.61 Å². The molecule has 0 aromatic carbocycles. The average molecular weight is 171 g/mol. The second-order valence-corrected chi connectivity index (χ2v) is 3.37. The van der Waals surface area contributed by atoms with E-state index in [0.717, 1.165) is 19.3 Å². The fraction of sp³-hybridized carbons (Fsp3) is 0.889. The van der Waals surface area contributed by atoms with Gasteiger partial charge in [0.25, 0.3) is 0 Å². The summed E-state index contributed by atoms with van der Waals surface area (Å²) in [5.74, 6) is 0.399. The van der Waals surface area contributed by atoms with E-state index in [-0.39, 0.29) is 24.3 Å². The number of rotatable bonds is 4. The van der Waals surface area contributed by atoms with Gasteiger partial charge in [0, 0.05) is 18.6 Å². The minimum absolute atomic E-state index is 0.173. The largest absolute Gasteiger partial charge is 0.374 e. The Balaban J connectivity index is 2.23. The van der Waals surface area contributed by atoms with Crippen LogP contribution in [0, 0.1) is 5.92 Å². The molecule has 0 amide bonds. The van der Waals surface area contributed by atoms with Gasteiger partial charge in [-0.1, -0.05) is 0 Å². The number of carbonyl (C=O) groups excluding carboxylic acids is 1. The monoisotopic (exact) mass is 171 g/mol. The van der Waals surface area contributed by atoms with Crippen molar-refractivity contribution in [2.75, 3.05) is 13.2 Å². The van der Waals surface area contributed by atoms with Gasteiger partial charge in [-0.25, -0.2) is 0 Å². The van der Waals surface area contributed by atoms with Crippen LogP contribution in [0.3, 0.4) is 0 Å². The lowest BCUT2D eigenvalue weighted by Crippen LogP contribution is -2.21. The Bertz CT molecular complexity index is 159. The molecule has 0 radical (unpaired) electrons. The molecular formula is C9H17NO2. The summed E-state index contributed by atoms with van der Waals surface area (Å²) in [4.78, 5) is 11.4. The van der Waals surface area contributed by atoms with E-state index in [1.54, 1.807) is 0 Å². The van der Waals surface area contributed by atoms with Crippen molar-refractivity contribution in [3.63, 3.8) is 0 Å². The number of hydrogen-bond donors (Lipinski definition) is 1. The number of hydrogen-bond acceptors (Lipinski definition) is 3. The van der Waals surface area contributed by atoms with Crippen molar-refractivity contribution < 1.29 is 9.53 Å². The summed E-state index contributed by atoms with van der Waals surface area (Å²) in [6, 6.07) is 0.237. The lowest BCUT2D eigenvalue weighted by Gasteiger charge is -2.07. The van der Waals surface area contributed by atoms with E-state index in [0.29, 0.717) is 6.61 Å². The summed E-state index contributed by atoms with van der Waals surface area (Å²) >= 11 is 0. The predicted octanol–water partition coefficient (Wildman–Crippen LogP) is 0.719. The third-order valence-corrected chi connectivity index (χ3v) is 2.38. The Morgan fingerprint density at radius 2 is 2.33 bits per heavy atom. The first kappa shape index (κ1) is 9.68. The molecule has 1 fully saturated rings. The highest BCUT2D eigenvalue weighted by Gasteiger charge is 2.27. The Labute approximate surface area is 73.3 Å². The van der Waals surface area contributed by atoms with Crippen LogP contribution >= 0.6 is 0 Å². The van der Waals surface area contributed by atoms with Gasteiger partial charge in [0.15, 0.2) is 5.78 Å². The highest BCUT2D eigenvalue weighted by molar-refractivity contribution is 5.82. The van der Waals surface area contributed by atoms with Gasteiger partial charge in [-0.3, -0.25) is 4.79 Å². The minimum atomic E-state index is 0.173. The van der Waals surface area contributed by atoms with E-state index >= 15 is 0 Å². The van der Waals surface area contributed by atoms with Crippen LogP contribution in [0.2, 0.25) is 0 Å². The van der Waals surface area contributed by atoms with E-state index in [9.17, 15) is 4.79 Å². The smallest absolute Gasteiger partial charge is 0.161 e. The van der Waals surface area contributed by atoms with E-state index in [1.165, 1.54) is 0 Å². The number of ether oxygens (including phenoxy) is 1. The minimum Gasteiger partial charge on any atom is -0.374 e. The molecule has 0 spiro atoms. The maximum absolute atomic E-state index is 11.4. The van der Waals surface area contributed by atoms with Crippen LogP contribution in [0.5, 0.6) is 0 Å². The Morgan fingerprint density at radius 3 is 2.83 bits per heavy atom. The normalized spacial score (nSPS) is 29.2. The molecule has 12 heavy (non-hydrogen) atoms. The molecule has 3 nitrogen and oxygen atoms in total. The van der Waals surface area contributed by atoms with Crippen molar-refractivity contribution in [3.8, 4) is 0 Å². The van der Waals surface area contributed by atoms with Crippen molar-refractivity contribution in [2.45, 2.75) is 32.2 Å². The number of ketones is 1. The molecule has 70 valence electrons. The number of Topliss-reactive ketones (excluding diaryl/α,β-unsaturated/α-hetero) is 1. The van der Waals surface area contributed by atoms with Gasteiger partial charge in [-0.15, -0.1) is 0 Å². The fourth-order valence-electron chi connectivity index (χ4n) is 1.63. The summed E-state index contributed by atoms with van der Waals surface area (Å²) in [7, 11) is 0. The third kappa shape index (κ3) is 2.57. The van der Waals surface area contributed by atoms with Gasteiger partial charge >= 0.3 is 0 Å². The molecule has 2 atom stereocenters. The van der Waals surface area contributed by atoms with Crippen LogP contribution in [0.25, 0.3) is 0 Å². The van der Waals surface area contributed by atoms with E-state index in [4.69, 9.17) is 10.5 Å². The van der Waals surface area contributed by atoms with Crippen LogP contribution in [0.1, 0.15) is 26.2 Å². The maximum atomic E-state index is 11.4. The third-order valence-electron chi connectivity index (χ3n) is 2.38. The first-order valence-electron chi connectivity index (χ1n) is 4.60. The predicted molar refractivity (Wildman–Crippen MR) is 46.8 cm³/mol. The van der Waals surface area contributed by atoms with E-state index < -0.39 is 0 Å². The van der Waals surface area contributed by atoms with Crippen molar-refractivity contribution in [2.24, 2.45) is 11.7 Å². The van der Waals surface area contributed by atoms with E-state index in [1.807, 2.05) is 6.92 Å². The molecule has 0 aromatic rings. The second kappa shape index (κ2) is 4.58. The Morgan fingerprint density at radius 1 is 1.58 bits per heavy atom. The van der Waals surface area contributed by atoms with Crippen molar-refractivity contribution in [1.29, 1.82) is 0 Å². The van der Waals surface area contributed by atoms with E-state index in [2.05, 4.69) is 0 Å². The molecule has 1 aliphatic carbocycles. The molecule has 0 saturated heterocycles. The van der Waals surface area contributed by atoms with Crippen molar-refractivity contribution >= 4 is 5.78 Å². The maximum Gasteiger partial charge on any atom is 0.161 e. The van der Waals surface area contributed by atoms with Crippen molar-refractivity contribution in [3.05, 3.63) is 0 Å². The standard InChI is InChI=1S/C9H17NO2/c1-2-12-6-9(11)7-3-4-8(10)5-7/h7-8H,2-6,10H2,1H3. The fourth-order valence-corrected chi connectivity index (χ4v) is 1.63. The molecule has 1 aliphatic rings. The summed E-state index contributed by atoms with van der Waals surface area (Å²) in [5.41, 5.74) is 5.70. The van der Waals surface area contributed by atoms with Crippen LogP contribution in [0.4, 0.5) is 0 Å². The average Bonchev–Trinajstić information content (AvgIpc) is 2.47. The number of carbonyl (C=O) groups is 1. The molecule has 0 bridgehead atoms. The van der Waals surface area contributed by atoms with Crippen LogP contribution < -0.4 is 5.73 Å². The second-order valence-electron chi connectivity index (χ2n) is 3.37. The first-order chi connectivity index (χ1) is 5.74. The zero-order valence-electron chi connectivity index (χ0n) is 7.58. The molecule has 1 rings (SSSR count). The van der Waals surface area contributed by atoms with Gasteiger partial charge in [0.05, 0.1) is 0 Å². The van der Waals surface area contributed by atoms with Crippen LogP contribution in [-0.4, -0.2) is 25.0 Å². The highest BCUT2D eigenvalue weighted by atomic mass is 16.5. The molecule has 2 N–H and O–H groups in total. The van der Waals surface area contributed by atoms with Gasteiger partial charge < -0.3 is 10.5 Å². The number of nitrogens with two attached hydrogens (primary N) is 1. The molecule has 0 aromatic heterocycles. The van der Waals surface area contributed by atoms with Gasteiger partial charge in [-0.2, -0.15) is 0 Å². The zero-order valence-corrected chi connectivity index (χ0v) is 7.58. The Kier molecular flexibility index (Phi) is 3.69. The molecular weight excluding hydrogens is 154 g/mol. The molecule has 0 aliphatic heterocycles. The SMILES string of the molecule is CCOCC(=O)C1CCC(N)C1. The van der Waals surface area contributed by atoms with Crippen LogP contribution in [0.15, 0.2) is 0 Å². The summed E-state index contributed by atoms with van der Waals surface area (Å²) < 4.78 is 5.05. The molecule has 1 saturated carbocycles. The lowest BCUT2D eigenvalue weighted by molar-refractivity contribution is -0.127. The van der Waals surface area contributed by atoms with Gasteiger partial charge in [-0.05, 0) is 26.2 Å². The Hall–Kier alpha value is -0.410. The zero-order chi connectivity index (χ0) is 8.97. The van der Waals surface area contributed by atoms with Crippen LogP contribution in [-0.2, 0) is 9.53 Å². The topological polar surface area (TPSA) is 52.3 Å². The van der Waals surface area contributed by atoms with Gasteiger partial charge in [0.2, 0.25) is 0 Å². The van der Waals surface area contributed by atoms with Crippen molar-refractivity contribution in [1.82, 2.24) is 0 Å². The highest BCUT2D eigenvalue weighted by Crippen LogP contribution is 2.24. The summed E-state index contributed by atoms with van der Waals surface area (Å²) in [6.07, 6.45) is 2.79. The molecule has 3 heteroatoms. The first-order valence-corrected chi connectivity index (χ1v) is 4.60. The molecule has 2 unspecified atom stereocenters. The summed E-state index contributed by atoms with van der Waals surface area (Å²) in [5, 5.41) is 0. The quantitative estimate of drug-likeness (QED) is 0.678. The summed E-state index contributed by atoms with van der Waals surface area (Å²) in [6.45, 7) is 2.78. The molecule has 0 heterocycles.